The first-order chi connectivity index (χ1) is 5.29. The molecule has 0 aromatic heterocycles. The fraction of sp³-hybridized carbons (Fsp3) is 1.00. The third-order valence-corrected chi connectivity index (χ3v) is 2.69. The molecular formula is C7H16N4. The Labute approximate surface area is 67.3 Å². The summed E-state index contributed by atoms with van der Waals surface area (Å²) in [4.78, 5) is 0. The molecule has 0 aliphatic carbocycles. The Morgan fingerprint density at radius 3 is 2.82 bits per heavy atom. The number of fused-ring (bicyclic) bond motifs is 1. The van der Waals surface area contributed by atoms with Gasteiger partial charge in [0.2, 0.25) is 0 Å². The Morgan fingerprint density at radius 1 is 1.27 bits per heavy atom. The molecule has 2 fully saturated rings. The Kier molecular flexibility index (Phi) is 1.85. The molecule has 3 N–H and O–H groups in total. The zero-order valence-corrected chi connectivity index (χ0v) is 7.09. The van der Waals surface area contributed by atoms with E-state index in [2.05, 4.69) is 35.1 Å². The highest BCUT2D eigenvalue weighted by Gasteiger charge is 2.36. The van der Waals surface area contributed by atoms with Crippen molar-refractivity contribution in [2.24, 2.45) is 5.92 Å². The highest BCUT2D eigenvalue weighted by molar-refractivity contribution is 4.88. The highest BCUT2D eigenvalue weighted by atomic mass is 15.7. The molecule has 3 atom stereocenters. The van der Waals surface area contributed by atoms with E-state index in [1.165, 1.54) is 0 Å². The molecule has 4 nitrogen and oxygen atoms in total. The summed E-state index contributed by atoms with van der Waals surface area (Å²) in [5.74, 6) is 0.730. The van der Waals surface area contributed by atoms with Gasteiger partial charge in [-0.2, -0.15) is 5.53 Å². The monoisotopic (exact) mass is 156 g/mol. The maximum atomic E-state index is 3.42. The third kappa shape index (κ3) is 1.16. The molecule has 0 aromatic carbocycles. The maximum Gasteiger partial charge on any atom is 0.0721 e. The fourth-order valence-electron chi connectivity index (χ4n) is 1.86. The molecule has 0 saturated carbocycles. The van der Waals surface area contributed by atoms with Crippen LogP contribution in [-0.2, 0) is 0 Å². The molecule has 11 heavy (non-hydrogen) atoms. The summed E-state index contributed by atoms with van der Waals surface area (Å²) in [6, 6.07) is 0.659. The van der Waals surface area contributed by atoms with E-state index in [1.807, 2.05) is 0 Å². The van der Waals surface area contributed by atoms with Crippen LogP contribution in [0.5, 0.6) is 0 Å². The summed E-state index contributed by atoms with van der Waals surface area (Å²) in [5, 5.41) is 5.67. The zero-order valence-electron chi connectivity index (χ0n) is 7.09. The number of hydrogen-bond donors (Lipinski definition) is 3. The van der Waals surface area contributed by atoms with Gasteiger partial charge in [-0.15, -0.1) is 0 Å². The van der Waals surface area contributed by atoms with Crippen LogP contribution in [0.1, 0.15) is 13.8 Å². The van der Waals surface area contributed by atoms with Gasteiger partial charge in [0.05, 0.1) is 6.17 Å². The molecule has 0 bridgehead atoms. The molecular weight excluding hydrogens is 140 g/mol. The number of nitrogens with zero attached hydrogens (tertiary/aromatic N) is 1. The Balaban J connectivity index is 2.07. The predicted molar refractivity (Wildman–Crippen MR) is 43.4 cm³/mol. The number of rotatable bonds is 0. The van der Waals surface area contributed by atoms with Crippen LogP contribution in [0.3, 0.4) is 0 Å². The van der Waals surface area contributed by atoms with Gasteiger partial charge in [-0.05, 0) is 12.8 Å². The third-order valence-electron chi connectivity index (χ3n) is 2.69. The van der Waals surface area contributed by atoms with E-state index in [9.17, 15) is 0 Å². The molecule has 0 amide bonds. The Hall–Kier alpha value is -0.160. The Morgan fingerprint density at radius 2 is 2.09 bits per heavy atom. The molecule has 3 unspecified atom stereocenters. The number of hydrazine groups is 2. The second kappa shape index (κ2) is 2.71. The molecule has 2 heterocycles. The van der Waals surface area contributed by atoms with E-state index in [0.717, 1.165) is 19.0 Å². The molecule has 0 radical (unpaired) electrons. The van der Waals surface area contributed by atoms with Crippen LogP contribution in [0.25, 0.3) is 0 Å². The smallest absolute Gasteiger partial charge is 0.0721 e. The lowest BCUT2D eigenvalue weighted by atomic mass is 10.0. The SMILES string of the molecule is CC1CNNN2C(C)NCC12. The average molecular weight is 156 g/mol. The zero-order chi connectivity index (χ0) is 7.84. The highest BCUT2D eigenvalue weighted by Crippen LogP contribution is 2.17. The molecule has 2 rings (SSSR count). The molecule has 4 heteroatoms. The van der Waals surface area contributed by atoms with Gasteiger partial charge in [0.15, 0.2) is 0 Å². The van der Waals surface area contributed by atoms with Crippen molar-refractivity contribution >= 4 is 0 Å². The normalized spacial score (nSPS) is 45.8. The number of nitrogens with one attached hydrogen (secondary N) is 3. The molecule has 2 saturated heterocycles. The summed E-state index contributed by atoms with van der Waals surface area (Å²) < 4.78 is 0. The van der Waals surface area contributed by atoms with Gasteiger partial charge in [0, 0.05) is 19.1 Å². The minimum Gasteiger partial charge on any atom is -0.299 e. The van der Waals surface area contributed by atoms with E-state index in [-0.39, 0.29) is 0 Å². The summed E-state index contributed by atoms with van der Waals surface area (Å²) in [7, 11) is 0. The van der Waals surface area contributed by atoms with Crippen molar-refractivity contribution in [3.63, 3.8) is 0 Å². The van der Waals surface area contributed by atoms with Gasteiger partial charge in [0.25, 0.3) is 0 Å². The second-order valence-corrected chi connectivity index (χ2v) is 3.53. The van der Waals surface area contributed by atoms with Crippen LogP contribution in [-0.4, -0.2) is 30.3 Å². The minimum absolute atomic E-state index is 0.454. The van der Waals surface area contributed by atoms with E-state index in [0.29, 0.717) is 12.2 Å². The Bertz CT molecular complexity index is 147. The lowest BCUT2D eigenvalue weighted by Gasteiger charge is -2.36. The predicted octanol–water partition coefficient (Wildman–Crippen LogP) is -0.735. The second-order valence-electron chi connectivity index (χ2n) is 3.53. The first kappa shape index (κ1) is 7.49. The van der Waals surface area contributed by atoms with Gasteiger partial charge >= 0.3 is 0 Å². The van der Waals surface area contributed by atoms with Crippen molar-refractivity contribution in [3.8, 4) is 0 Å². The van der Waals surface area contributed by atoms with Crippen LogP contribution < -0.4 is 16.3 Å². The van der Waals surface area contributed by atoms with Crippen molar-refractivity contribution < 1.29 is 0 Å². The standard InChI is InChI=1S/C7H16N4/c1-5-3-9-10-11-6(2)8-4-7(5)11/h5-10H,3-4H2,1-2H3. The molecule has 2 aliphatic heterocycles. The van der Waals surface area contributed by atoms with E-state index >= 15 is 0 Å². The van der Waals surface area contributed by atoms with Gasteiger partial charge in [-0.25, -0.2) is 10.4 Å². The van der Waals surface area contributed by atoms with Crippen LogP contribution >= 0.6 is 0 Å². The van der Waals surface area contributed by atoms with Crippen LogP contribution in [0, 0.1) is 5.92 Å². The average Bonchev–Trinajstić information content (AvgIpc) is 2.35. The molecule has 64 valence electrons. The van der Waals surface area contributed by atoms with Crippen LogP contribution in [0.2, 0.25) is 0 Å². The fourth-order valence-corrected chi connectivity index (χ4v) is 1.86. The van der Waals surface area contributed by atoms with Gasteiger partial charge in [-0.3, -0.25) is 5.32 Å². The van der Waals surface area contributed by atoms with E-state index < -0.39 is 0 Å². The van der Waals surface area contributed by atoms with Gasteiger partial charge in [-0.1, -0.05) is 6.92 Å². The van der Waals surface area contributed by atoms with E-state index in [4.69, 9.17) is 0 Å². The lowest BCUT2D eigenvalue weighted by molar-refractivity contribution is 0.0300. The maximum absolute atomic E-state index is 3.42. The lowest BCUT2D eigenvalue weighted by Crippen LogP contribution is -2.61. The van der Waals surface area contributed by atoms with Gasteiger partial charge in [0.1, 0.15) is 0 Å². The van der Waals surface area contributed by atoms with Crippen molar-refractivity contribution in [1.82, 2.24) is 21.3 Å². The summed E-state index contributed by atoms with van der Waals surface area (Å²) >= 11 is 0. The topological polar surface area (TPSA) is 39.3 Å². The van der Waals surface area contributed by atoms with E-state index in [1.54, 1.807) is 0 Å². The summed E-state index contributed by atoms with van der Waals surface area (Å²) in [6.45, 7) is 6.63. The van der Waals surface area contributed by atoms with Crippen LogP contribution in [0.15, 0.2) is 0 Å². The largest absolute Gasteiger partial charge is 0.299 e. The minimum atomic E-state index is 0.454. The van der Waals surface area contributed by atoms with Crippen molar-refractivity contribution in [1.29, 1.82) is 0 Å². The van der Waals surface area contributed by atoms with Gasteiger partial charge < -0.3 is 0 Å². The quantitative estimate of drug-likeness (QED) is 0.432. The molecule has 0 spiro atoms. The van der Waals surface area contributed by atoms with Crippen molar-refractivity contribution in [2.45, 2.75) is 26.1 Å². The molecule has 0 aromatic rings. The van der Waals surface area contributed by atoms with Crippen molar-refractivity contribution in [2.75, 3.05) is 13.1 Å². The summed E-state index contributed by atoms with van der Waals surface area (Å²) in [6.07, 6.45) is 0.454. The van der Waals surface area contributed by atoms with Crippen LogP contribution in [0.4, 0.5) is 0 Å². The molecule has 2 aliphatic rings. The number of hydrogen-bond acceptors (Lipinski definition) is 4. The first-order valence-electron chi connectivity index (χ1n) is 4.29. The van der Waals surface area contributed by atoms with Crippen molar-refractivity contribution in [3.05, 3.63) is 0 Å². The summed E-state index contributed by atoms with van der Waals surface area (Å²) in [5.41, 5.74) is 6.35. The first-order valence-corrected chi connectivity index (χ1v) is 4.29.